The SMILES string of the molecule is Cc1cccc(NC(=O)CNc2ccc3sccc3c2)c1. The topological polar surface area (TPSA) is 41.1 Å². The van der Waals surface area contributed by atoms with Gasteiger partial charge < -0.3 is 10.6 Å². The summed E-state index contributed by atoms with van der Waals surface area (Å²) in [5.41, 5.74) is 2.92. The van der Waals surface area contributed by atoms with E-state index in [1.807, 2.05) is 37.3 Å². The monoisotopic (exact) mass is 296 g/mol. The molecule has 0 aliphatic rings. The van der Waals surface area contributed by atoms with Gasteiger partial charge in [0.1, 0.15) is 0 Å². The molecule has 1 aromatic heterocycles. The molecule has 0 unspecified atom stereocenters. The van der Waals surface area contributed by atoms with Crippen LogP contribution in [0.4, 0.5) is 11.4 Å². The summed E-state index contributed by atoms with van der Waals surface area (Å²) in [6.45, 7) is 2.26. The van der Waals surface area contributed by atoms with Crippen molar-refractivity contribution in [2.45, 2.75) is 6.92 Å². The first-order valence-corrected chi connectivity index (χ1v) is 7.66. The molecule has 0 saturated heterocycles. The molecule has 106 valence electrons. The fourth-order valence-electron chi connectivity index (χ4n) is 2.19. The van der Waals surface area contributed by atoms with Crippen LogP contribution in [-0.2, 0) is 4.79 Å². The normalized spacial score (nSPS) is 10.5. The first kappa shape index (κ1) is 13.6. The molecule has 0 fully saturated rings. The molecule has 0 spiro atoms. The summed E-state index contributed by atoms with van der Waals surface area (Å²) in [5, 5.41) is 9.31. The van der Waals surface area contributed by atoms with Crippen molar-refractivity contribution in [3.05, 3.63) is 59.5 Å². The number of hydrogen-bond acceptors (Lipinski definition) is 3. The fraction of sp³-hybridized carbons (Fsp3) is 0.118. The molecule has 0 radical (unpaired) electrons. The number of thiophene rings is 1. The van der Waals surface area contributed by atoms with Gasteiger partial charge in [0.05, 0.1) is 6.54 Å². The maximum Gasteiger partial charge on any atom is 0.243 e. The molecule has 0 aliphatic heterocycles. The molecule has 0 bridgehead atoms. The largest absolute Gasteiger partial charge is 0.376 e. The minimum Gasteiger partial charge on any atom is -0.376 e. The second-order valence-corrected chi connectivity index (χ2v) is 5.89. The number of fused-ring (bicyclic) bond motifs is 1. The van der Waals surface area contributed by atoms with Gasteiger partial charge >= 0.3 is 0 Å². The Kier molecular flexibility index (Phi) is 3.88. The van der Waals surface area contributed by atoms with Crippen LogP contribution in [0.3, 0.4) is 0 Å². The molecule has 0 atom stereocenters. The number of nitrogens with one attached hydrogen (secondary N) is 2. The predicted molar refractivity (Wildman–Crippen MR) is 90.1 cm³/mol. The Hall–Kier alpha value is -2.33. The van der Waals surface area contributed by atoms with Gasteiger partial charge in [-0.3, -0.25) is 4.79 Å². The highest BCUT2D eigenvalue weighted by atomic mass is 32.1. The zero-order valence-electron chi connectivity index (χ0n) is 11.7. The zero-order valence-corrected chi connectivity index (χ0v) is 12.5. The highest BCUT2D eigenvalue weighted by Gasteiger charge is 2.03. The quantitative estimate of drug-likeness (QED) is 0.755. The van der Waals surface area contributed by atoms with E-state index in [1.54, 1.807) is 11.3 Å². The number of carbonyl (C=O) groups is 1. The van der Waals surface area contributed by atoms with Gasteiger partial charge in [-0.2, -0.15) is 0 Å². The van der Waals surface area contributed by atoms with Gasteiger partial charge in [0, 0.05) is 16.1 Å². The summed E-state index contributed by atoms with van der Waals surface area (Å²) >= 11 is 1.72. The lowest BCUT2D eigenvalue weighted by atomic mass is 10.2. The van der Waals surface area contributed by atoms with E-state index in [-0.39, 0.29) is 12.5 Å². The van der Waals surface area contributed by atoms with Crippen molar-refractivity contribution in [3.63, 3.8) is 0 Å². The highest BCUT2D eigenvalue weighted by Crippen LogP contribution is 2.23. The second-order valence-electron chi connectivity index (χ2n) is 4.94. The van der Waals surface area contributed by atoms with E-state index in [4.69, 9.17) is 0 Å². The number of carbonyl (C=O) groups excluding carboxylic acids is 1. The summed E-state index contributed by atoms with van der Waals surface area (Å²) in [7, 11) is 0. The Labute approximate surface area is 127 Å². The van der Waals surface area contributed by atoms with Gasteiger partial charge in [-0.05, 0) is 59.7 Å². The van der Waals surface area contributed by atoms with Crippen LogP contribution >= 0.6 is 11.3 Å². The summed E-state index contributed by atoms with van der Waals surface area (Å²) < 4.78 is 1.25. The lowest BCUT2D eigenvalue weighted by Gasteiger charge is -2.08. The smallest absolute Gasteiger partial charge is 0.243 e. The van der Waals surface area contributed by atoms with Crippen LogP contribution in [0.15, 0.2) is 53.9 Å². The van der Waals surface area contributed by atoms with Crippen LogP contribution in [0.1, 0.15) is 5.56 Å². The summed E-state index contributed by atoms with van der Waals surface area (Å²) in [6, 6.07) is 16.0. The van der Waals surface area contributed by atoms with Crippen molar-refractivity contribution < 1.29 is 4.79 Å². The molecule has 2 N–H and O–H groups in total. The van der Waals surface area contributed by atoms with E-state index in [1.165, 1.54) is 10.1 Å². The molecule has 3 nitrogen and oxygen atoms in total. The van der Waals surface area contributed by atoms with E-state index in [0.717, 1.165) is 16.9 Å². The minimum absolute atomic E-state index is 0.0500. The van der Waals surface area contributed by atoms with Gasteiger partial charge in [-0.1, -0.05) is 12.1 Å². The van der Waals surface area contributed by atoms with Crippen molar-refractivity contribution >= 4 is 38.7 Å². The lowest BCUT2D eigenvalue weighted by molar-refractivity contribution is -0.114. The summed E-state index contributed by atoms with van der Waals surface area (Å²) in [6.07, 6.45) is 0. The maximum atomic E-state index is 11.9. The average Bonchev–Trinajstić information content (AvgIpc) is 2.92. The number of aryl methyl sites for hydroxylation is 1. The van der Waals surface area contributed by atoms with Crippen LogP contribution in [0.25, 0.3) is 10.1 Å². The molecular formula is C17H16N2OS. The Bertz CT molecular complexity index is 779. The number of anilines is 2. The first-order chi connectivity index (χ1) is 10.2. The molecular weight excluding hydrogens is 280 g/mol. The lowest BCUT2D eigenvalue weighted by Crippen LogP contribution is -2.21. The summed E-state index contributed by atoms with van der Waals surface area (Å²) in [4.78, 5) is 11.9. The van der Waals surface area contributed by atoms with Crippen LogP contribution in [0.2, 0.25) is 0 Å². The third-order valence-corrected chi connectivity index (χ3v) is 4.11. The minimum atomic E-state index is -0.0500. The number of hydrogen-bond donors (Lipinski definition) is 2. The number of amides is 1. The van der Waals surface area contributed by atoms with Crippen molar-refractivity contribution in [2.75, 3.05) is 17.2 Å². The standard InChI is InChI=1S/C17H16N2OS/c1-12-3-2-4-15(9-12)19-17(20)11-18-14-5-6-16-13(10-14)7-8-21-16/h2-10,18H,11H2,1H3,(H,19,20). The van der Waals surface area contributed by atoms with Crippen LogP contribution in [-0.4, -0.2) is 12.5 Å². The molecule has 3 rings (SSSR count). The molecule has 1 heterocycles. The Morgan fingerprint density at radius 2 is 2.00 bits per heavy atom. The number of benzene rings is 2. The molecule has 3 aromatic rings. The number of rotatable bonds is 4. The molecule has 1 amide bonds. The average molecular weight is 296 g/mol. The van der Waals surface area contributed by atoms with Gasteiger partial charge in [-0.15, -0.1) is 11.3 Å². The fourth-order valence-corrected chi connectivity index (χ4v) is 2.96. The van der Waals surface area contributed by atoms with E-state index >= 15 is 0 Å². The van der Waals surface area contributed by atoms with E-state index in [2.05, 4.69) is 34.2 Å². The van der Waals surface area contributed by atoms with Crippen molar-refractivity contribution in [2.24, 2.45) is 0 Å². The molecule has 4 heteroatoms. The first-order valence-electron chi connectivity index (χ1n) is 6.78. The van der Waals surface area contributed by atoms with E-state index in [9.17, 15) is 4.79 Å². The second kappa shape index (κ2) is 5.97. The molecule has 2 aromatic carbocycles. The Morgan fingerprint density at radius 3 is 2.86 bits per heavy atom. The van der Waals surface area contributed by atoms with E-state index < -0.39 is 0 Å². The van der Waals surface area contributed by atoms with Crippen molar-refractivity contribution in [3.8, 4) is 0 Å². The van der Waals surface area contributed by atoms with Gasteiger partial charge in [0.15, 0.2) is 0 Å². The van der Waals surface area contributed by atoms with Gasteiger partial charge in [-0.25, -0.2) is 0 Å². The van der Waals surface area contributed by atoms with Crippen LogP contribution in [0, 0.1) is 6.92 Å². The Balaban J connectivity index is 1.60. The third-order valence-electron chi connectivity index (χ3n) is 3.21. The zero-order chi connectivity index (χ0) is 14.7. The predicted octanol–water partition coefficient (Wildman–Crippen LogP) is 4.26. The molecule has 0 saturated carbocycles. The third kappa shape index (κ3) is 3.41. The van der Waals surface area contributed by atoms with E-state index in [0.29, 0.717) is 0 Å². The van der Waals surface area contributed by atoms with Gasteiger partial charge in [0.2, 0.25) is 5.91 Å². The summed E-state index contributed by atoms with van der Waals surface area (Å²) in [5.74, 6) is -0.0500. The Morgan fingerprint density at radius 1 is 1.10 bits per heavy atom. The highest BCUT2D eigenvalue weighted by molar-refractivity contribution is 7.17. The van der Waals surface area contributed by atoms with Crippen molar-refractivity contribution in [1.82, 2.24) is 0 Å². The van der Waals surface area contributed by atoms with Gasteiger partial charge in [0.25, 0.3) is 0 Å². The molecule has 21 heavy (non-hydrogen) atoms. The van der Waals surface area contributed by atoms with Crippen LogP contribution in [0.5, 0.6) is 0 Å². The maximum absolute atomic E-state index is 11.9. The molecule has 0 aliphatic carbocycles. The van der Waals surface area contributed by atoms with Crippen molar-refractivity contribution in [1.29, 1.82) is 0 Å². The van der Waals surface area contributed by atoms with Crippen LogP contribution < -0.4 is 10.6 Å².